The van der Waals surface area contributed by atoms with Gasteiger partial charge in [0.25, 0.3) is 0 Å². The van der Waals surface area contributed by atoms with Crippen molar-refractivity contribution in [2.24, 2.45) is 0 Å². The fourth-order valence-electron chi connectivity index (χ4n) is 2.13. The van der Waals surface area contributed by atoms with E-state index in [0.29, 0.717) is 6.54 Å². The number of hydrogen-bond acceptors (Lipinski definition) is 3. The first kappa shape index (κ1) is 13.1. The second-order valence-corrected chi connectivity index (χ2v) is 5.49. The fourth-order valence-corrected chi connectivity index (χ4v) is 2.59. The van der Waals surface area contributed by atoms with Gasteiger partial charge in [0, 0.05) is 16.1 Å². The predicted molar refractivity (Wildman–Crippen MR) is 80.5 cm³/mol. The van der Waals surface area contributed by atoms with Crippen LogP contribution < -0.4 is 0 Å². The van der Waals surface area contributed by atoms with Crippen molar-refractivity contribution >= 4 is 26.8 Å². The molecule has 3 rings (SSSR count). The summed E-state index contributed by atoms with van der Waals surface area (Å²) < 4.78 is 2.72. The van der Waals surface area contributed by atoms with E-state index in [9.17, 15) is 10.2 Å². The lowest BCUT2D eigenvalue weighted by Gasteiger charge is -2.10. The number of aromatic nitrogens is 2. The van der Waals surface area contributed by atoms with E-state index in [2.05, 4.69) is 21.0 Å². The van der Waals surface area contributed by atoms with E-state index in [1.54, 1.807) is 28.9 Å². The molecular weight excluding hydrogens is 320 g/mol. The second-order valence-electron chi connectivity index (χ2n) is 4.63. The number of phenols is 1. The van der Waals surface area contributed by atoms with E-state index in [0.717, 1.165) is 20.9 Å². The van der Waals surface area contributed by atoms with Gasteiger partial charge in [0.2, 0.25) is 0 Å². The number of rotatable bonds is 3. The van der Waals surface area contributed by atoms with Gasteiger partial charge in [0.1, 0.15) is 5.75 Å². The molecule has 0 amide bonds. The first-order chi connectivity index (χ1) is 9.63. The maximum absolute atomic E-state index is 10.2. The maximum atomic E-state index is 10.2. The molecule has 102 valence electrons. The first-order valence-corrected chi connectivity index (χ1v) is 7.01. The average molecular weight is 333 g/mol. The Labute approximate surface area is 124 Å². The summed E-state index contributed by atoms with van der Waals surface area (Å²) in [6, 6.07) is 12.4. The average Bonchev–Trinajstić information content (AvgIpc) is 2.83. The van der Waals surface area contributed by atoms with Crippen molar-refractivity contribution in [1.82, 2.24) is 9.78 Å². The molecule has 20 heavy (non-hydrogen) atoms. The molecule has 2 N–H and O–H groups in total. The van der Waals surface area contributed by atoms with Crippen molar-refractivity contribution in [1.29, 1.82) is 0 Å². The number of aliphatic hydroxyl groups excluding tert-OH is 1. The zero-order chi connectivity index (χ0) is 14.1. The molecule has 1 atom stereocenters. The molecule has 0 saturated heterocycles. The summed E-state index contributed by atoms with van der Waals surface area (Å²) in [6.07, 6.45) is 1.24. The summed E-state index contributed by atoms with van der Waals surface area (Å²) in [7, 11) is 0. The zero-order valence-electron chi connectivity index (χ0n) is 10.6. The summed E-state index contributed by atoms with van der Waals surface area (Å²) in [5.41, 5.74) is 1.64. The van der Waals surface area contributed by atoms with E-state index in [1.165, 1.54) is 0 Å². The molecule has 0 unspecified atom stereocenters. The quantitative estimate of drug-likeness (QED) is 0.774. The van der Waals surface area contributed by atoms with Crippen molar-refractivity contribution in [2.75, 3.05) is 0 Å². The van der Waals surface area contributed by atoms with E-state index in [1.807, 2.05) is 24.4 Å². The highest BCUT2D eigenvalue weighted by Gasteiger charge is 2.10. The second kappa shape index (κ2) is 5.26. The number of aliphatic hydroxyl groups is 1. The summed E-state index contributed by atoms with van der Waals surface area (Å²) in [6.45, 7) is 0.367. The molecule has 0 aliphatic carbocycles. The van der Waals surface area contributed by atoms with Crippen molar-refractivity contribution in [3.63, 3.8) is 0 Å². The van der Waals surface area contributed by atoms with E-state index < -0.39 is 6.10 Å². The van der Waals surface area contributed by atoms with Crippen LogP contribution in [0.4, 0.5) is 0 Å². The number of hydrogen-bond donors (Lipinski definition) is 2. The summed E-state index contributed by atoms with van der Waals surface area (Å²) in [4.78, 5) is 0. The van der Waals surface area contributed by atoms with Gasteiger partial charge in [-0.25, -0.2) is 0 Å². The Kier molecular flexibility index (Phi) is 3.46. The monoisotopic (exact) mass is 332 g/mol. The van der Waals surface area contributed by atoms with Gasteiger partial charge >= 0.3 is 0 Å². The Hall–Kier alpha value is -1.85. The maximum Gasteiger partial charge on any atom is 0.115 e. The lowest BCUT2D eigenvalue weighted by Crippen LogP contribution is -2.08. The topological polar surface area (TPSA) is 58.3 Å². The van der Waals surface area contributed by atoms with Gasteiger partial charge in [-0.3, -0.25) is 4.68 Å². The van der Waals surface area contributed by atoms with Crippen LogP contribution in [0.2, 0.25) is 0 Å². The molecule has 0 bridgehead atoms. The lowest BCUT2D eigenvalue weighted by atomic mass is 10.1. The number of phenolic OH excluding ortho intramolecular Hbond substituents is 1. The fraction of sp³-hybridized carbons (Fsp3) is 0.133. The minimum absolute atomic E-state index is 0.190. The third-order valence-corrected chi connectivity index (χ3v) is 3.87. The number of halogens is 1. The van der Waals surface area contributed by atoms with Crippen molar-refractivity contribution in [2.45, 2.75) is 12.6 Å². The van der Waals surface area contributed by atoms with Gasteiger partial charge in [-0.05, 0) is 29.8 Å². The van der Waals surface area contributed by atoms with Gasteiger partial charge in [0.15, 0.2) is 0 Å². The van der Waals surface area contributed by atoms with Crippen LogP contribution in [-0.4, -0.2) is 20.0 Å². The first-order valence-electron chi connectivity index (χ1n) is 6.22. The highest BCUT2D eigenvalue weighted by atomic mass is 79.9. The minimum atomic E-state index is -0.663. The normalized spacial score (nSPS) is 12.7. The molecule has 0 fully saturated rings. The highest BCUT2D eigenvalue weighted by Crippen LogP contribution is 2.24. The molecular formula is C15H13BrN2O2. The van der Waals surface area contributed by atoms with Crippen molar-refractivity contribution in [3.05, 3.63) is 58.7 Å². The lowest BCUT2D eigenvalue weighted by molar-refractivity contribution is 0.152. The van der Waals surface area contributed by atoms with Crippen LogP contribution in [0.5, 0.6) is 5.75 Å². The third kappa shape index (κ3) is 2.55. The Bertz CT molecular complexity index is 737. The van der Waals surface area contributed by atoms with Crippen molar-refractivity contribution in [3.8, 4) is 5.75 Å². The molecule has 0 aliphatic heterocycles. The Morgan fingerprint density at radius 3 is 2.60 bits per heavy atom. The molecule has 1 aromatic heterocycles. The minimum Gasteiger partial charge on any atom is -0.508 e. The Morgan fingerprint density at radius 2 is 1.90 bits per heavy atom. The molecule has 0 aliphatic rings. The molecule has 2 aromatic carbocycles. The van der Waals surface area contributed by atoms with Gasteiger partial charge < -0.3 is 10.2 Å². The number of fused-ring (bicyclic) bond motifs is 1. The SMILES string of the molecule is Oc1ccc([C@@H](O)Cn2cc3c(Br)cccc3n2)cc1. The van der Waals surface area contributed by atoms with Crippen LogP contribution in [0.15, 0.2) is 53.1 Å². The standard InChI is InChI=1S/C15H13BrN2O2/c16-13-2-1-3-14-12(13)8-18(17-14)9-15(20)10-4-6-11(19)7-5-10/h1-8,15,19-20H,9H2/t15-/m0/s1. The number of nitrogens with zero attached hydrogens (tertiary/aromatic N) is 2. The van der Waals surface area contributed by atoms with E-state index in [-0.39, 0.29) is 5.75 Å². The smallest absolute Gasteiger partial charge is 0.115 e. The van der Waals surface area contributed by atoms with Crippen LogP contribution in [0, 0.1) is 0 Å². The van der Waals surface area contributed by atoms with Crippen LogP contribution in [0.1, 0.15) is 11.7 Å². The highest BCUT2D eigenvalue weighted by molar-refractivity contribution is 9.10. The van der Waals surface area contributed by atoms with Crippen LogP contribution in [0.25, 0.3) is 10.9 Å². The van der Waals surface area contributed by atoms with Gasteiger partial charge in [-0.1, -0.05) is 34.1 Å². The van der Waals surface area contributed by atoms with E-state index >= 15 is 0 Å². The van der Waals surface area contributed by atoms with Gasteiger partial charge in [0.05, 0.1) is 18.2 Å². The molecule has 0 spiro atoms. The van der Waals surface area contributed by atoms with E-state index in [4.69, 9.17) is 0 Å². The summed E-state index contributed by atoms with van der Waals surface area (Å²) in [5, 5.41) is 24.9. The number of aromatic hydroxyl groups is 1. The van der Waals surface area contributed by atoms with Gasteiger partial charge in [-0.2, -0.15) is 5.10 Å². The molecule has 0 radical (unpaired) electrons. The Balaban J connectivity index is 1.85. The van der Waals surface area contributed by atoms with Gasteiger partial charge in [-0.15, -0.1) is 0 Å². The van der Waals surface area contributed by atoms with Crippen LogP contribution >= 0.6 is 15.9 Å². The zero-order valence-corrected chi connectivity index (χ0v) is 12.2. The summed E-state index contributed by atoms with van der Waals surface area (Å²) in [5.74, 6) is 0.190. The molecule has 0 saturated carbocycles. The van der Waals surface area contributed by atoms with Crippen molar-refractivity contribution < 1.29 is 10.2 Å². The molecule has 1 heterocycles. The Morgan fingerprint density at radius 1 is 1.15 bits per heavy atom. The van der Waals surface area contributed by atoms with Crippen LogP contribution in [-0.2, 0) is 6.54 Å². The van der Waals surface area contributed by atoms with Crippen LogP contribution in [0.3, 0.4) is 0 Å². The molecule has 3 aromatic rings. The molecule has 4 nitrogen and oxygen atoms in total. The predicted octanol–water partition coefficient (Wildman–Crippen LogP) is 3.24. The largest absolute Gasteiger partial charge is 0.508 e. The molecule has 5 heteroatoms. The number of benzene rings is 2. The third-order valence-electron chi connectivity index (χ3n) is 3.18. The summed E-state index contributed by atoms with van der Waals surface area (Å²) >= 11 is 3.49.